The Hall–Kier alpha value is -1.91. The molecule has 0 aromatic carbocycles. The second kappa shape index (κ2) is 6.05. The summed E-state index contributed by atoms with van der Waals surface area (Å²) in [6.45, 7) is 0. The van der Waals surface area contributed by atoms with E-state index in [4.69, 9.17) is 9.47 Å². The third-order valence-corrected chi connectivity index (χ3v) is 8.00. The summed E-state index contributed by atoms with van der Waals surface area (Å²) in [5.74, 6) is -1.08. The molecule has 2 bridgehead atoms. The van der Waals surface area contributed by atoms with Crippen molar-refractivity contribution in [2.75, 3.05) is 14.2 Å². The lowest BCUT2D eigenvalue weighted by Crippen LogP contribution is -2.48. The van der Waals surface area contributed by atoms with E-state index in [1.807, 2.05) is 0 Å². The lowest BCUT2D eigenvalue weighted by Gasteiger charge is -2.44. The highest BCUT2D eigenvalue weighted by Gasteiger charge is 2.65. The van der Waals surface area contributed by atoms with Crippen LogP contribution in [0.2, 0.25) is 0 Å². The summed E-state index contributed by atoms with van der Waals surface area (Å²) in [4.78, 5) is 39.3. The topological polar surface area (TPSA) is 69.7 Å². The molecule has 0 unspecified atom stereocenters. The predicted octanol–water partition coefficient (Wildman–Crippen LogP) is 2.70. The Bertz CT molecular complexity index is 778. The van der Waals surface area contributed by atoms with Gasteiger partial charge >= 0.3 is 11.9 Å². The van der Waals surface area contributed by atoms with E-state index in [0.717, 1.165) is 43.3 Å². The molecule has 5 aliphatic carbocycles. The molecule has 5 heteroatoms. The van der Waals surface area contributed by atoms with E-state index < -0.39 is 11.8 Å². The summed E-state index contributed by atoms with van der Waals surface area (Å²) in [6, 6.07) is 0. The van der Waals surface area contributed by atoms with Crippen LogP contribution in [0.15, 0.2) is 23.3 Å². The molecule has 0 N–H and O–H groups in total. The van der Waals surface area contributed by atoms with Crippen molar-refractivity contribution in [1.82, 2.24) is 0 Å². The molecule has 0 aromatic rings. The fraction of sp³-hybridized carbons (Fsp3) is 0.682. The average Bonchev–Trinajstić information content (AvgIpc) is 3.39. The van der Waals surface area contributed by atoms with Crippen molar-refractivity contribution in [2.45, 2.75) is 32.1 Å². The van der Waals surface area contributed by atoms with Gasteiger partial charge in [-0.25, -0.2) is 0 Å². The first-order chi connectivity index (χ1) is 13.1. The van der Waals surface area contributed by atoms with Crippen molar-refractivity contribution in [1.29, 1.82) is 0 Å². The van der Waals surface area contributed by atoms with Crippen LogP contribution in [-0.4, -0.2) is 31.9 Å². The maximum Gasteiger partial charge on any atom is 0.310 e. The Morgan fingerprint density at radius 1 is 0.963 bits per heavy atom. The Morgan fingerprint density at radius 3 is 2.41 bits per heavy atom. The highest BCUT2D eigenvalue weighted by atomic mass is 16.5. The fourth-order valence-corrected chi connectivity index (χ4v) is 7.17. The number of methoxy groups -OCH3 is 2. The average molecular weight is 370 g/mol. The third kappa shape index (κ3) is 2.14. The Balaban J connectivity index is 1.70. The van der Waals surface area contributed by atoms with E-state index in [1.54, 1.807) is 0 Å². The van der Waals surface area contributed by atoms with Gasteiger partial charge in [0.1, 0.15) is 0 Å². The quantitative estimate of drug-likeness (QED) is 0.552. The van der Waals surface area contributed by atoms with Gasteiger partial charge in [-0.2, -0.15) is 0 Å². The van der Waals surface area contributed by atoms with E-state index in [1.165, 1.54) is 14.2 Å². The number of rotatable bonds is 2. The summed E-state index contributed by atoms with van der Waals surface area (Å²) < 4.78 is 10.3. The second-order valence-corrected chi connectivity index (χ2v) is 8.83. The van der Waals surface area contributed by atoms with Crippen LogP contribution in [-0.2, 0) is 23.9 Å². The molecule has 0 saturated heterocycles. The molecule has 0 radical (unpaired) electrons. The fourth-order valence-electron chi connectivity index (χ4n) is 7.17. The number of esters is 2. The number of hydrogen-bond donors (Lipinski definition) is 0. The molecule has 5 rings (SSSR count). The maximum absolute atomic E-state index is 13.5. The van der Waals surface area contributed by atoms with Crippen LogP contribution >= 0.6 is 0 Å². The number of fused-ring (bicyclic) bond motifs is 8. The van der Waals surface area contributed by atoms with Gasteiger partial charge in [-0.1, -0.05) is 24.1 Å². The molecular formula is C22H26O5. The van der Waals surface area contributed by atoms with Crippen LogP contribution in [0.25, 0.3) is 0 Å². The second-order valence-electron chi connectivity index (χ2n) is 8.83. The van der Waals surface area contributed by atoms with Crippen molar-refractivity contribution in [3.63, 3.8) is 0 Å². The molecule has 27 heavy (non-hydrogen) atoms. The van der Waals surface area contributed by atoms with Crippen LogP contribution in [0.4, 0.5) is 0 Å². The molecule has 0 aromatic heterocycles. The summed E-state index contributed by atoms with van der Waals surface area (Å²) in [5.41, 5.74) is 2.05. The van der Waals surface area contributed by atoms with Gasteiger partial charge < -0.3 is 9.47 Å². The molecule has 0 amide bonds. The van der Waals surface area contributed by atoms with Crippen LogP contribution in [0, 0.1) is 47.3 Å². The number of Topliss-reactive ketones (excluding diaryl/α,β-unsaturated/α-hetero) is 1. The van der Waals surface area contributed by atoms with E-state index >= 15 is 0 Å². The summed E-state index contributed by atoms with van der Waals surface area (Å²) in [7, 11) is 2.77. The normalized spacial score (nSPS) is 44.0. The van der Waals surface area contributed by atoms with Crippen LogP contribution in [0.3, 0.4) is 0 Å². The zero-order chi connectivity index (χ0) is 18.9. The molecule has 5 nitrogen and oxygen atoms in total. The van der Waals surface area contributed by atoms with E-state index in [-0.39, 0.29) is 41.4 Å². The van der Waals surface area contributed by atoms with Crippen molar-refractivity contribution in [2.24, 2.45) is 47.3 Å². The van der Waals surface area contributed by atoms with Crippen molar-refractivity contribution in [3.8, 4) is 0 Å². The highest BCUT2D eigenvalue weighted by molar-refractivity contribution is 6.04. The van der Waals surface area contributed by atoms with Gasteiger partial charge in [0.05, 0.1) is 26.1 Å². The summed E-state index contributed by atoms with van der Waals surface area (Å²) in [5, 5.41) is 0. The first-order valence-corrected chi connectivity index (χ1v) is 10.2. The molecule has 0 spiro atoms. The van der Waals surface area contributed by atoms with Crippen LogP contribution < -0.4 is 0 Å². The molecule has 8 atom stereocenters. The van der Waals surface area contributed by atoms with Gasteiger partial charge in [0.25, 0.3) is 0 Å². The molecular weight excluding hydrogens is 344 g/mol. The number of allylic oxidation sites excluding steroid dienone is 4. The first kappa shape index (κ1) is 17.2. The molecule has 3 fully saturated rings. The minimum atomic E-state index is -0.601. The van der Waals surface area contributed by atoms with Gasteiger partial charge in [0, 0.05) is 11.8 Å². The lowest BCUT2D eigenvalue weighted by molar-refractivity contribution is -0.163. The molecule has 0 aliphatic heterocycles. The molecule has 3 saturated carbocycles. The number of hydrogen-bond acceptors (Lipinski definition) is 5. The van der Waals surface area contributed by atoms with E-state index in [2.05, 4.69) is 12.2 Å². The SMILES string of the molecule is COC(=O)[C@@H]1[C@H]2C(=C3CCCC[C@@H]3[C@H]1C(=O)OC)C(=O)[C@H]1[C@@H]2[C@@H]2C=C[C@H]1C2. The summed E-state index contributed by atoms with van der Waals surface area (Å²) >= 11 is 0. The Morgan fingerprint density at radius 2 is 1.67 bits per heavy atom. The number of ketones is 1. The van der Waals surface area contributed by atoms with Crippen molar-refractivity contribution >= 4 is 17.7 Å². The van der Waals surface area contributed by atoms with Gasteiger partial charge in [-0.15, -0.1) is 0 Å². The van der Waals surface area contributed by atoms with Crippen LogP contribution in [0.1, 0.15) is 32.1 Å². The van der Waals surface area contributed by atoms with E-state index in [0.29, 0.717) is 11.8 Å². The maximum atomic E-state index is 13.5. The van der Waals surface area contributed by atoms with Gasteiger partial charge in [-0.05, 0) is 54.9 Å². The lowest BCUT2D eigenvalue weighted by atomic mass is 9.58. The third-order valence-electron chi connectivity index (χ3n) is 8.00. The minimum Gasteiger partial charge on any atom is -0.469 e. The van der Waals surface area contributed by atoms with Crippen LogP contribution in [0.5, 0.6) is 0 Å². The zero-order valence-corrected chi connectivity index (χ0v) is 15.9. The number of carbonyl (C=O) groups excluding carboxylic acids is 3. The van der Waals surface area contributed by atoms with Crippen molar-refractivity contribution in [3.05, 3.63) is 23.3 Å². The highest BCUT2D eigenvalue weighted by Crippen LogP contribution is 2.64. The molecule has 0 heterocycles. The predicted molar refractivity (Wildman–Crippen MR) is 96.2 cm³/mol. The van der Waals surface area contributed by atoms with Gasteiger partial charge in [0.2, 0.25) is 0 Å². The Kier molecular flexibility index (Phi) is 3.85. The first-order valence-electron chi connectivity index (χ1n) is 10.2. The van der Waals surface area contributed by atoms with Crippen molar-refractivity contribution < 1.29 is 23.9 Å². The van der Waals surface area contributed by atoms with Gasteiger partial charge in [-0.3, -0.25) is 14.4 Å². The summed E-state index contributed by atoms with van der Waals surface area (Å²) in [6.07, 6.45) is 9.18. The smallest absolute Gasteiger partial charge is 0.310 e. The number of carbonyl (C=O) groups is 3. The molecule has 144 valence electrons. The largest absolute Gasteiger partial charge is 0.469 e. The van der Waals surface area contributed by atoms with Gasteiger partial charge in [0.15, 0.2) is 5.78 Å². The monoisotopic (exact) mass is 370 g/mol. The zero-order valence-electron chi connectivity index (χ0n) is 15.9. The van der Waals surface area contributed by atoms with E-state index in [9.17, 15) is 14.4 Å². The Labute approximate surface area is 159 Å². The standard InChI is InChI=1S/C22H26O5/c1-26-21(24)17-13-6-4-3-5-12(13)16-18(19(17)22(25)27-2)14-10-7-8-11(9-10)15(14)20(16)23/h7-8,10-11,13-15,17-19H,3-6,9H2,1-2H3/t10-,11+,13+,14+,15-,17-,18-,19+/m1/s1. The molecule has 5 aliphatic rings. The number of ether oxygens (including phenoxy) is 2. The minimum absolute atomic E-state index is 0.0152.